The van der Waals surface area contributed by atoms with Gasteiger partial charge in [-0.3, -0.25) is 9.59 Å². The maximum atomic E-state index is 13.7. The van der Waals surface area contributed by atoms with E-state index in [0.717, 1.165) is 33.3 Å². The number of hydrogen-bond acceptors (Lipinski definition) is 2. The van der Waals surface area contributed by atoms with E-state index in [0.29, 0.717) is 12.1 Å². The molecular weight excluding hydrogens is 440 g/mol. The molecule has 5 rings (SSSR count). The summed E-state index contributed by atoms with van der Waals surface area (Å²) in [5, 5.41) is 3.10. The Hall–Kier alpha value is -2.92. The Bertz CT molecular complexity index is 1170. The third kappa shape index (κ3) is 3.05. The molecule has 0 unspecified atom stereocenters. The van der Waals surface area contributed by atoms with Gasteiger partial charge >= 0.3 is 0 Å². The molecule has 4 nitrogen and oxygen atoms in total. The summed E-state index contributed by atoms with van der Waals surface area (Å²) < 4.78 is 0.844. The lowest BCUT2D eigenvalue weighted by Crippen LogP contribution is -2.49. The highest BCUT2D eigenvalue weighted by Gasteiger charge is 2.46. The van der Waals surface area contributed by atoms with Crippen LogP contribution in [-0.4, -0.2) is 23.3 Å². The fourth-order valence-corrected chi connectivity index (χ4v) is 5.28. The van der Waals surface area contributed by atoms with Crippen LogP contribution in [0.15, 0.2) is 71.2 Å². The summed E-state index contributed by atoms with van der Waals surface area (Å²) in [4.78, 5) is 28.8. The monoisotopic (exact) mass is 460 g/mol. The minimum Gasteiger partial charge on any atom is -0.330 e. The lowest BCUT2D eigenvalue weighted by Gasteiger charge is -2.45. The van der Waals surface area contributed by atoms with Crippen molar-refractivity contribution < 1.29 is 9.59 Å². The molecule has 2 aliphatic rings. The van der Waals surface area contributed by atoms with Crippen molar-refractivity contribution in [3.63, 3.8) is 0 Å². The van der Waals surface area contributed by atoms with E-state index in [4.69, 9.17) is 0 Å². The number of rotatable bonds is 2. The largest absolute Gasteiger partial charge is 0.330 e. The van der Waals surface area contributed by atoms with E-state index in [1.165, 1.54) is 5.56 Å². The van der Waals surface area contributed by atoms with Crippen LogP contribution < -0.4 is 5.32 Å². The first-order chi connectivity index (χ1) is 14.5. The van der Waals surface area contributed by atoms with Crippen LogP contribution in [0, 0.1) is 6.92 Å². The highest BCUT2D eigenvalue weighted by molar-refractivity contribution is 9.10. The molecule has 150 valence electrons. The van der Waals surface area contributed by atoms with Gasteiger partial charge in [-0.1, -0.05) is 48.5 Å². The zero-order valence-electron chi connectivity index (χ0n) is 16.6. The third-order valence-electron chi connectivity index (χ3n) is 6.10. The Kier molecular flexibility index (Phi) is 4.70. The zero-order valence-corrected chi connectivity index (χ0v) is 18.1. The van der Waals surface area contributed by atoms with Gasteiger partial charge in [0.15, 0.2) is 0 Å². The fraction of sp³-hybridized carbons (Fsp3) is 0.200. The molecule has 0 fully saturated rings. The Morgan fingerprint density at radius 3 is 2.57 bits per heavy atom. The van der Waals surface area contributed by atoms with E-state index in [2.05, 4.69) is 33.4 Å². The number of halogens is 1. The summed E-state index contributed by atoms with van der Waals surface area (Å²) in [7, 11) is 0. The van der Waals surface area contributed by atoms with E-state index in [1.807, 2.05) is 66.4 Å². The second-order valence-electron chi connectivity index (χ2n) is 7.93. The fourth-order valence-electron chi connectivity index (χ4n) is 4.69. The molecule has 2 aliphatic heterocycles. The molecule has 0 aliphatic carbocycles. The number of amides is 2. The number of nitrogens with zero attached hydrogens (tertiary/aromatic N) is 1. The quantitative estimate of drug-likeness (QED) is 0.568. The van der Waals surface area contributed by atoms with Crippen LogP contribution in [0.4, 0.5) is 5.69 Å². The topological polar surface area (TPSA) is 49.4 Å². The Morgan fingerprint density at radius 2 is 1.77 bits per heavy atom. The second-order valence-corrected chi connectivity index (χ2v) is 8.78. The molecule has 2 amide bonds. The molecule has 1 N–H and O–H groups in total. The van der Waals surface area contributed by atoms with Crippen LogP contribution in [0.5, 0.6) is 0 Å². The number of carbonyl (C=O) groups is 2. The van der Waals surface area contributed by atoms with E-state index in [9.17, 15) is 9.59 Å². The predicted octanol–water partition coefficient (Wildman–Crippen LogP) is 5.23. The van der Waals surface area contributed by atoms with E-state index < -0.39 is 5.92 Å². The van der Waals surface area contributed by atoms with Gasteiger partial charge in [0.2, 0.25) is 5.91 Å². The van der Waals surface area contributed by atoms with Crippen molar-refractivity contribution in [3.05, 3.63) is 99.0 Å². The molecule has 0 saturated heterocycles. The van der Waals surface area contributed by atoms with Crippen LogP contribution in [0.3, 0.4) is 0 Å². The average molecular weight is 461 g/mol. The first-order valence-electron chi connectivity index (χ1n) is 10.1. The second kappa shape index (κ2) is 7.40. The molecular formula is C25H21BrN2O2. The van der Waals surface area contributed by atoms with Crippen LogP contribution in [0.2, 0.25) is 0 Å². The molecule has 30 heavy (non-hydrogen) atoms. The maximum absolute atomic E-state index is 13.7. The number of fused-ring (bicyclic) bond motifs is 4. The molecule has 0 bridgehead atoms. The number of nitrogens with one attached hydrogen (secondary N) is 1. The van der Waals surface area contributed by atoms with Crippen molar-refractivity contribution in [2.75, 3.05) is 11.9 Å². The number of hydrogen-bond donors (Lipinski definition) is 1. The standard InChI is InChI=1S/C25H21BrN2O2/c1-15-10-11-21(20(26)14-15)27-24(29)22-18-8-4-5-9-19(18)25(30)28-13-12-16-6-2-3-7-17(16)23(22)28/h2-11,14,22-23H,12-13H2,1H3,(H,27,29)/t22-,23+/m1/s1. The van der Waals surface area contributed by atoms with Crippen LogP contribution in [-0.2, 0) is 11.2 Å². The highest BCUT2D eigenvalue weighted by Crippen LogP contribution is 2.46. The van der Waals surface area contributed by atoms with Gasteiger partial charge in [0.05, 0.1) is 17.6 Å². The van der Waals surface area contributed by atoms with Crippen molar-refractivity contribution >= 4 is 33.4 Å². The van der Waals surface area contributed by atoms with Crippen LogP contribution in [0.25, 0.3) is 0 Å². The lowest BCUT2D eigenvalue weighted by atomic mass is 9.76. The molecule has 0 radical (unpaired) electrons. The van der Waals surface area contributed by atoms with E-state index >= 15 is 0 Å². The van der Waals surface area contributed by atoms with Gasteiger partial charge < -0.3 is 10.2 Å². The number of carbonyl (C=O) groups excluding carboxylic acids is 2. The van der Waals surface area contributed by atoms with Crippen molar-refractivity contribution in [2.45, 2.75) is 25.3 Å². The smallest absolute Gasteiger partial charge is 0.254 e. The Labute approximate surface area is 184 Å². The summed E-state index contributed by atoms with van der Waals surface area (Å²) >= 11 is 3.56. The number of benzene rings is 3. The minimum atomic E-state index is -0.478. The molecule has 2 atom stereocenters. The third-order valence-corrected chi connectivity index (χ3v) is 6.76. The lowest BCUT2D eigenvalue weighted by molar-refractivity contribution is -0.119. The molecule has 0 saturated carbocycles. The number of aryl methyl sites for hydroxylation is 1. The highest BCUT2D eigenvalue weighted by atomic mass is 79.9. The normalized spacial score (nSPS) is 19.5. The first kappa shape index (κ1) is 19.1. The Morgan fingerprint density at radius 1 is 1.03 bits per heavy atom. The maximum Gasteiger partial charge on any atom is 0.254 e. The van der Waals surface area contributed by atoms with E-state index in [-0.39, 0.29) is 17.9 Å². The van der Waals surface area contributed by atoms with Gasteiger partial charge in [0.25, 0.3) is 5.91 Å². The van der Waals surface area contributed by atoms with Crippen LogP contribution in [0.1, 0.15) is 44.6 Å². The minimum absolute atomic E-state index is 0.00525. The SMILES string of the molecule is Cc1ccc(NC(=O)[C@@H]2c3ccccc3C(=O)N3CCc4ccccc4[C@@H]23)c(Br)c1. The summed E-state index contributed by atoms with van der Waals surface area (Å²) in [6.45, 7) is 2.63. The van der Waals surface area contributed by atoms with E-state index in [1.54, 1.807) is 0 Å². The zero-order chi connectivity index (χ0) is 20.8. The van der Waals surface area contributed by atoms with Gasteiger partial charge in [-0.15, -0.1) is 0 Å². The van der Waals surface area contributed by atoms with Crippen molar-refractivity contribution in [2.24, 2.45) is 0 Å². The summed E-state index contributed by atoms with van der Waals surface area (Å²) in [5.41, 5.74) is 5.53. The summed E-state index contributed by atoms with van der Waals surface area (Å²) in [6, 6.07) is 21.2. The Balaban J connectivity index is 1.63. The molecule has 2 heterocycles. The van der Waals surface area contributed by atoms with Crippen molar-refractivity contribution in [1.82, 2.24) is 4.90 Å². The van der Waals surface area contributed by atoms with Gasteiger partial charge in [0, 0.05) is 16.6 Å². The average Bonchev–Trinajstić information content (AvgIpc) is 2.76. The molecule has 0 aromatic heterocycles. The predicted molar refractivity (Wildman–Crippen MR) is 121 cm³/mol. The molecule has 5 heteroatoms. The molecule has 0 spiro atoms. The first-order valence-corrected chi connectivity index (χ1v) is 10.9. The van der Waals surface area contributed by atoms with Crippen molar-refractivity contribution in [1.29, 1.82) is 0 Å². The van der Waals surface area contributed by atoms with Crippen LogP contribution >= 0.6 is 15.9 Å². The van der Waals surface area contributed by atoms with Gasteiger partial charge in [-0.25, -0.2) is 0 Å². The molecule has 3 aromatic carbocycles. The van der Waals surface area contributed by atoms with Gasteiger partial charge in [-0.2, -0.15) is 0 Å². The number of anilines is 1. The van der Waals surface area contributed by atoms with Gasteiger partial charge in [0.1, 0.15) is 0 Å². The molecule has 3 aromatic rings. The summed E-state index contributed by atoms with van der Waals surface area (Å²) in [5.74, 6) is -0.578. The summed E-state index contributed by atoms with van der Waals surface area (Å²) in [6.07, 6.45) is 0.804. The van der Waals surface area contributed by atoms with Crippen molar-refractivity contribution in [3.8, 4) is 0 Å². The van der Waals surface area contributed by atoms with Gasteiger partial charge in [-0.05, 0) is 69.7 Å².